The minimum atomic E-state index is -0.116. The van der Waals surface area contributed by atoms with Crippen LogP contribution in [0.2, 0.25) is 0 Å². The van der Waals surface area contributed by atoms with E-state index in [2.05, 4.69) is 189 Å². The van der Waals surface area contributed by atoms with Crippen molar-refractivity contribution < 1.29 is 46.0 Å². The molecule has 4 saturated heterocycles. The third-order valence-electron chi connectivity index (χ3n) is 23.8. The van der Waals surface area contributed by atoms with E-state index >= 15 is 0 Å². The number of aryl methyl sites for hydroxylation is 14. The lowest BCUT2D eigenvalue weighted by molar-refractivity contribution is -0.187. The van der Waals surface area contributed by atoms with Gasteiger partial charge in [0.05, 0.1) is 50.3 Å². The molecule has 8 atom stereocenters. The molecule has 16 rings (SSSR count). The molecular weight excluding hydrogens is 1650 g/mol. The van der Waals surface area contributed by atoms with E-state index in [1.165, 1.54) is 137 Å². The van der Waals surface area contributed by atoms with E-state index in [1.54, 1.807) is 37.1 Å². The molecular formula is C116H184F4N6O6. The molecule has 742 valence electrons. The Balaban J connectivity index is 0.000000704. The van der Waals surface area contributed by atoms with Crippen LogP contribution >= 0.6 is 0 Å². The van der Waals surface area contributed by atoms with Crippen LogP contribution in [0, 0.1) is 168 Å². The average molecular weight is 1830 g/mol. The van der Waals surface area contributed by atoms with Crippen molar-refractivity contribution in [1.82, 2.24) is 29.9 Å². The molecule has 3 aromatic carbocycles. The number of aromatic nitrogens is 6. The zero-order valence-electron chi connectivity index (χ0n) is 88.8. The summed E-state index contributed by atoms with van der Waals surface area (Å²) in [5.41, 5.74) is 17.9. The Morgan fingerprint density at radius 3 is 0.727 bits per heavy atom. The van der Waals surface area contributed by atoms with Gasteiger partial charge < -0.3 is 28.4 Å². The van der Waals surface area contributed by atoms with Crippen LogP contribution in [0.1, 0.15) is 332 Å². The van der Waals surface area contributed by atoms with Gasteiger partial charge in [0.25, 0.3) is 0 Å². The van der Waals surface area contributed by atoms with Crippen LogP contribution in [-0.4, -0.2) is 94.3 Å². The Labute approximate surface area is 803 Å². The maximum absolute atomic E-state index is 12.7. The lowest BCUT2D eigenvalue weighted by Crippen LogP contribution is -2.27. The molecule has 9 aliphatic rings. The maximum atomic E-state index is 12.7. The van der Waals surface area contributed by atoms with E-state index in [1.807, 2.05) is 158 Å². The molecule has 16 heteroatoms. The van der Waals surface area contributed by atoms with Gasteiger partial charge in [0.1, 0.15) is 23.3 Å². The molecule has 0 N–H and O–H groups in total. The third kappa shape index (κ3) is 66.9. The van der Waals surface area contributed by atoms with Gasteiger partial charge in [-0.05, 0) is 369 Å². The highest BCUT2D eigenvalue weighted by molar-refractivity contribution is 5.23. The number of pyridine rings is 2. The molecule has 5 fully saturated rings. The number of benzene rings is 3. The van der Waals surface area contributed by atoms with Crippen molar-refractivity contribution in [2.45, 2.75) is 375 Å². The van der Waals surface area contributed by atoms with Crippen molar-refractivity contribution in [3.63, 3.8) is 0 Å². The van der Waals surface area contributed by atoms with Gasteiger partial charge in [-0.15, -0.1) is 0 Å². The molecule has 4 aliphatic heterocycles. The molecule has 8 unspecified atom stereocenters. The smallest absolute Gasteiger partial charge is 0.154 e. The summed E-state index contributed by atoms with van der Waals surface area (Å²) < 4.78 is 82.0. The number of halogens is 4. The molecule has 12 nitrogen and oxygen atoms in total. The summed E-state index contributed by atoms with van der Waals surface area (Å²) in [6.45, 7) is 71.2. The molecule has 8 heterocycles. The molecule has 0 spiro atoms. The van der Waals surface area contributed by atoms with Crippen molar-refractivity contribution in [2.75, 3.05) is 39.6 Å². The molecule has 0 radical (unpaired) electrons. The number of rotatable bonds is 0. The summed E-state index contributed by atoms with van der Waals surface area (Å²) in [4.78, 5) is 24.0. The van der Waals surface area contributed by atoms with Crippen molar-refractivity contribution in [1.29, 1.82) is 0 Å². The Hall–Kier alpha value is -7.44. The van der Waals surface area contributed by atoms with Crippen molar-refractivity contribution in [2.24, 2.45) is 59.2 Å². The van der Waals surface area contributed by atoms with Gasteiger partial charge in [0.15, 0.2) is 12.6 Å². The van der Waals surface area contributed by atoms with Crippen LogP contribution < -0.4 is 0 Å². The fourth-order valence-electron chi connectivity index (χ4n) is 13.4. The molecule has 132 heavy (non-hydrogen) atoms. The minimum Gasteiger partial charge on any atom is -0.378 e. The lowest BCUT2D eigenvalue weighted by Gasteiger charge is -2.24. The largest absolute Gasteiger partial charge is 0.378 e. The Kier molecular flexibility index (Phi) is 66.9. The molecule has 4 aromatic heterocycles. The van der Waals surface area contributed by atoms with Gasteiger partial charge in [0, 0.05) is 86.5 Å². The second-order valence-corrected chi connectivity index (χ2v) is 39.9. The number of nitrogens with zero attached hydrogens (tertiary/aromatic N) is 6. The summed E-state index contributed by atoms with van der Waals surface area (Å²) >= 11 is 0. The van der Waals surface area contributed by atoms with Crippen LogP contribution in [0.25, 0.3) is 0 Å². The first-order valence-electron chi connectivity index (χ1n) is 49.7. The summed E-state index contributed by atoms with van der Waals surface area (Å²) in [5.74, 6) is 9.49. The van der Waals surface area contributed by atoms with E-state index in [0.29, 0.717) is 59.8 Å². The monoisotopic (exact) mass is 1830 g/mol. The van der Waals surface area contributed by atoms with Crippen molar-refractivity contribution in [3.8, 4) is 0 Å². The normalized spacial score (nSPS) is 23.7. The first-order chi connectivity index (χ1) is 62.2. The molecule has 5 aliphatic carbocycles. The van der Waals surface area contributed by atoms with E-state index in [4.69, 9.17) is 28.4 Å². The first kappa shape index (κ1) is 123. The summed E-state index contributed by atoms with van der Waals surface area (Å²) in [5, 5.41) is 0. The maximum Gasteiger partial charge on any atom is 0.154 e. The van der Waals surface area contributed by atoms with Crippen LogP contribution in [0.4, 0.5) is 17.6 Å². The van der Waals surface area contributed by atoms with Crippen molar-refractivity contribution in [3.05, 3.63) is 259 Å². The van der Waals surface area contributed by atoms with Gasteiger partial charge in [0.2, 0.25) is 0 Å². The zero-order valence-corrected chi connectivity index (χ0v) is 88.8. The fourth-order valence-corrected chi connectivity index (χ4v) is 13.4. The topological polar surface area (TPSA) is 133 Å². The Morgan fingerprint density at radius 2 is 0.523 bits per heavy atom. The van der Waals surface area contributed by atoms with Gasteiger partial charge in [-0.2, -0.15) is 0 Å². The highest BCUT2D eigenvalue weighted by Crippen LogP contribution is 2.32. The Morgan fingerprint density at radius 1 is 0.250 bits per heavy atom. The molecule has 0 bridgehead atoms. The third-order valence-corrected chi connectivity index (χ3v) is 23.8. The van der Waals surface area contributed by atoms with E-state index in [-0.39, 0.29) is 35.9 Å². The average Bonchev–Trinajstić information content (AvgIpc) is 0.908. The van der Waals surface area contributed by atoms with Crippen molar-refractivity contribution >= 4 is 0 Å². The number of hydrogen-bond acceptors (Lipinski definition) is 12. The molecule has 7 aromatic rings. The van der Waals surface area contributed by atoms with Crippen LogP contribution in [-0.2, 0) is 28.4 Å². The molecule has 0 amide bonds. The second-order valence-electron chi connectivity index (χ2n) is 39.9. The molecule has 1 saturated carbocycles. The van der Waals surface area contributed by atoms with E-state index in [9.17, 15) is 17.6 Å². The van der Waals surface area contributed by atoms with E-state index in [0.717, 1.165) is 144 Å². The predicted molar refractivity (Wildman–Crippen MR) is 551 cm³/mol. The highest BCUT2D eigenvalue weighted by atomic mass is 19.1. The summed E-state index contributed by atoms with van der Waals surface area (Å²) in [6.07, 6.45) is 41.6. The number of hydrogen-bond donors (Lipinski definition) is 0. The summed E-state index contributed by atoms with van der Waals surface area (Å²) in [6, 6.07) is 27.1. The van der Waals surface area contributed by atoms with Gasteiger partial charge in [-0.25, -0.2) is 37.5 Å². The van der Waals surface area contributed by atoms with Crippen LogP contribution in [0.3, 0.4) is 0 Å². The highest BCUT2D eigenvalue weighted by Gasteiger charge is 2.20. The van der Waals surface area contributed by atoms with Gasteiger partial charge in [-0.3, -0.25) is 9.97 Å². The second kappa shape index (κ2) is 72.0. The summed E-state index contributed by atoms with van der Waals surface area (Å²) in [7, 11) is 0. The van der Waals surface area contributed by atoms with Gasteiger partial charge >= 0.3 is 0 Å². The first-order valence-corrected chi connectivity index (χ1v) is 49.7. The minimum absolute atomic E-state index is 0.0196. The van der Waals surface area contributed by atoms with Crippen LogP contribution in [0.15, 0.2) is 168 Å². The van der Waals surface area contributed by atoms with Crippen LogP contribution in [0.5, 0.6) is 0 Å². The zero-order chi connectivity index (χ0) is 99.2. The van der Waals surface area contributed by atoms with Gasteiger partial charge in [-0.1, -0.05) is 190 Å². The Bertz CT molecular complexity index is 3560. The fraction of sp³-hybridized carbons (Fsp3) is 0.621. The predicted octanol–water partition coefficient (Wildman–Crippen LogP) is 32.9. The standard InChI is InChI=1S/2C8H13F.2C8H9F.C8H16.2C8H14.C8H10.2C7H9N.2C7H14O.2C6H8N2.2C6H12O2/c4*1-6-3-4-7(2)8(9)5-6;4*1-7-3-5-8(2)6-4-7;4*1-6-3-4-7(2)8-5-6;4*1-5-3-7-6(2)8-4-5/h2*6H,3-5H2,1-2H3;2*3-5H,1-2H3;7-8H,3-6H2,1-2H3;2*3,8H,4-6H2,1-2H3;3-6H,1-2H3;2*3-5H,1-2H3;2*6-7H,3-5H2,1-2H3;2*3-4H,1-2H3;2*5-6H,3-4H2,1-2H3. The lowest BCUT2D eigenvalue weighted by atomic mass is 9.84. The number of allylic oxidation sites excluding steroid dienone is 8. The van der Waals surface area contributed by atoms with E-state index < -0.39 is 0 Å². The SMILES string of the molecule is CC1=C(F)CC(C)CC1.CC1=C(F)CC(C)CC1.CC1=CCC(C)CC1.CC1=CCC(C)CC1.CC1CCC(C)CC1.CC1CCC(C)OC1.CC1CCC(C)OC1.CC1COC(C)OC1.CC1COC(C)OC1.Cc1ccc(C)c(F)c1.Cc1ccc(C)c(F)c1.Cc1ccc(C)cc1.Cc1ccc(C)nc1.Cc1ccc(C)nc1.Cc1cnc(C)nc1.Cc1cnc(C)nc1. The number of ether oxygens (including phenoxy) is 6. The quantitative estimate of drug-likeness (QED) is 0.106.